The molecule has 3 fully saturated rings. The van der Waals surface area contributed by atoms with Gasteiger partial charge in [0.1, 0.15) is 6.10 Å². The van der Waals surface area contributed by atoms with Gasteiger partial charge in [-0.15, -0.1) is 0 Å². The van der Waals surface area contributed by atoms with E-state index in [1.54, 1.807) is 5.57 Å². The van der Waals surface area contributed by atoms with E-state index in [1.807, 2.05) is 0 Å². The summed E-state index contributed by atoms with van der Waals surface area (Å²) in [6.07, 6.45) is 17.3. The van der Waals surface area contributed by atoms with Crippen molar-refractivity contribution in [1.82, 2.24) is 9.99 Å². The molecule has 0 aromatic heterocycles. The average Bonchev–Trinajstić information content (AvgIpc) is 3.52. The minimum atomic E-state index is -1.25. The standard InChI is InChI=1S/C46H82N3O7P/c1-34(2)13-10-14-37(7)41-17-18-42-40-16-15-38-33-39(19-21-45(38,8)43(40)20-22-46(41,42)9)56-44(50)48-24-12-25-51-27-28-52-29-30-53-31-32-55-57(54-26-11-23-47)49(35(3)4)36(5)6/h15,34-37,39-43H,10-14,16-22,24-33H2,1-9H3,(H,48,50)/t37-,39?,40+,41-,42+,43+,45+,46-,57?/m1/s1. The van der Waals surface area contributed by atoms with Crippen molar-refractivity contribution >= 4 is 14.6 Å². The minimum Gasteiger partial charge on any atom is -0.446 e. The Hall–Kier alpha value is -1.31. The summed E-state index contributed by atoms with van der Waals surface area (Å²) < 4.78 is 37.1. The molecule has 0 aromatic rings. The molecule has 10 nitrogen and oxygen atoms in total. The summed E-state index contributed by atoms with van der Waals surface area (Å²) in [5.74, 6) is 5.01. The summed E-state index contributed by atoms with van der Waals surface area (Å²) in [7, 11) is -1.25. The van der Waals surface area contributed by atoms with Crippen LogP contribution in [0.1, 0.15) is 146 Å². The second-order valence-electron chi connectivity index (χ2n) is 19.1. The summed E-state index contributed by atoms with van der Waals surface area (Å²) in [6.45, 7) is 25.2. The molecule has 9 atom stereocenters. The molecule has 4 rings (SSSR count). The highest BCUT2D eigenvalue weighted by atomic mass is 31.2. The number of allylic oxidation sites excluding steroid dienone is 1. The zero-order valence-electron chi connectivity index (χ0n) is 37.5. The van der Waals surface area contributed by atoms with Gasteiger partial charge in [0, 0.05) is 31.7 Å². The molecule has 57 heavy (non-hydrogen) atoms. The fourth-order valence-corrected chi connectivity index (χ4v) is 12.9. The molecule has 1 N–H and O–H groups in total. The molecule has 0 bridgehead atoms. The number of rotatable bonds is 26. The van der Waals surface area contributed by atoms with Crippen LogP contribution in [-0.4, -0.2) is 88.4 Å². The van der Waals surface area contributed by atoms with Crippen molar-refractivity contribution in [2.75, 3.05) is 59.4 Å². The van der Waals surface area contributed by atoms with Crippen LogP contribution in [0.15, 0.2) is 11.6 Å². The number of nitrogens with one attached hydrogen (secondary N) is 1. The molecule has 2 unspecified atom stereocenters. The third-order valence-electron chi connectivity index (χ3n) is 14.1. The maximum atomic E-state index is 12.7. The molecule has 0 radical (unpaired) electrons. The summed E-state index contributed by atoms with van der Waals surface area (Å²) >= 11 is 0. The highest BCUT2D eigenvalue weighted by molar-refractivity contribution is 7.44. The molecule has 0 saturated heterocycles. The SMILES string of the molecule is CC(C)CCC[C@@H](C)[C@H]1CC[C@H]2[C@@H]3CC=C4CC(OC(=O)NCCCOCCOCCOCCOP(OCCC#N)N(C(C)C)C(C)C)CC[C@]4(C)[C@H]3CC[C@]12C. The molecular weight excluding hydrogens is 737 g/mol. The number of carbonyl (C=O) groups is 1. The Morgan fingerprint density at radius 2 is 1.51 bits per heavy atom. The predicted molar refractivity (Wildman–Crippen MR) is 230 cm³/mol. The van der Waals surface area contributed by atoms with Gasteiger partial charge < -0.3 is 33.3 Å². The van der Waals surface area contributed by atoms with Crippen LogP contribution in [0.2, 0.25) is 0 Å². The normalized spacial score (nSPS) is 29.5. The van der Waals surface area contributed by atoms with Crippen molar-refractivity contribution in [2.45, 2.75) is 164 Å². The lowest BCUT2D eigenvalue weighted by atomic mass is 9.47. The highest BCUT2D eigenvalue weighted by Crippen LogP contribution is 2.67. The number of hydrogen-bond acceptors (Lipinski definition) is 9. The second-order valence-corrected chi connectivity index (χ2v) is 20.5. The van der Waals surface area contributed by atoms with Crippen LogP contribution in [-0.2, 0) is 28.0 Å². The van der Waals surface area contributed by atoms with E-state index in [0.29, 0.717) is 71.2 Å². The van der Waals surface area contributed by atoms with E-state index in [2.05, 4.69) is 84.4 Å². The third kappa shape index (κ3) is 13.9. The molecule has 0 aliphatic heterocycles. The van der Waals surface area contributed by atoms with Gasteiger partial charge in [0.15, 0.2) is 0 Å². The summed E-state index contributed by atoms with van der Waals surface area (Å²) in [5.41, 5.74) is 2.33. The number of amides is 1. The minimum absolute atomic E-state index is 0.0331. The van der Waals surface area contributed by atoms with Crippen molar-refractivity contribution in [2.24, 2.45) is 46.3 Å². The van der Waals surface area contributed by atoms with Gasteiger partial charge in [-0.05, 0) is 125 Å². The van der Waals surface area contributed by atoms with Crippen molar-refractivity contribution in [1.29, 1.82) is 5.26 Å². The lowest BCUT2D eigenvalue weighted by molar-refractivity contribution is -0.0581. The maximum absolute atomic E-state index is 12.7. The van der Waals surface area contributed by atoms with Gasteiger partial charge >= 0.3 is 6.09 Å². The van der Waals surface area contributed by atoms with E-state index < -0.39 is 8.53 Å². The Kier molecular flexibility index (Phi) is 20.5. The van der Waals surface area contributed by atoms with Gasteiger partial charge in [0.05, 0.1) is 58.7 Å². The van der Waals surface area contributed by atoms with Crippen molar-refractivity contribution in [3.8, 4) is 6.07 Å². The lowest BCUT2D eigenvalue weighted by Gasteiger charge is -2.58. The molecule has 4 aliphatic rings. The van der Waals surface area contributed by atoms with E-state index in [4.69, 9.17) is 33.3 Å². The quantitative estimate of drug-likeness (QED) is 0.0518. The fraction of sp³-hybridized carbons (Fsp3) is 0.913. The van der Waals surface area contributed by atoms with E-state index in [9.17, 15) is 4.79 Å². The number of ether oxygens (including phenoxy) is 4. The van der Waals surface area contributed by atoms with Gasteiger partial charge in [-0.1, -0.05) is 65.5 Å². The fourth-order valence-electron chi connectivity index (χ4n) is 11.3. The largest absolute Gasteiger partial charge is 0.446 e. The van der Waals surface area contributed by atoms with Gasteiger partial charge in [-0.2, -0.15) is 5.26 Å². The first-order valence-electron chi connectivity index (χ1n) is 22.9. The summed E-state index contributed by atoms with van der Waals surface area (Å²) in [4.78, 5) is 12.7. The number of hydrogen-bond donors (Lipinski definition) is 1. The van der Waals surface area contributed by atoms with E-state index >= 15 is 0 Å². The highest BCUT2D eigenvalue weighted by Gasteiger charge is 2.59. The molecule has 328 valence electrons. The molecule has 11 heteroatoms. The smallest absolute Gasteiger partial charge is 0.407 e. The topological polar surface area (TPSA) is 112 Å². The Balaban J connectivity index is 1.04. The molecule has 0 spiro atoms. The van der Waals surface area contributed by atoms with Crippen molar-refractivity contribution in [3.63, 3.8) is 0 Å². The zero-order valence-corrected chi connectivity index (χ0v) is 38.4. The number of nitrogens with zero attached hydrogens (tertiary/aromatic N) is 2. The number of nitriles is 1. The molecular formula is C46H82N3O7P. The Morgan fingerprint density at radius 3 is 2.18 bits per heavy atom. The number of alkyl carbamates (subject to hydrolysis) is 1. The monoisotopic (exact) mass is 820 g/mol. The van der Waals surface area contributed by atoms with E-state index in [1.165, 1.54) is 51.4 Å². The third-order valence-corrected chi connectivity index (χ3v) is 16.2. The zero-order chi connectivity index (χ0) is 41.4. The molecule has 3 saturated carbocycles. The first-order valence-corrected chi connectivity index (χ1v) is 24.0. The molecule has 0 heterocycles. The van der Waals surface area contributed by atoms with Gasteiger partial charge in [0.2, 0.25) is 0 Å². The Morgan fingerprint density at radius 1 is 0.842 bits per heavy atom. The Bertz CT molecular complexity index is 1250. The molecule has 4 aliphatic carbocycles. The average molecular weight is 820 g/mol. The maximum Gasteiger partial charge on any atom is 0.407 e. The van der Waals surface area contributed by atoms with Crippen molar-refractivity contribution < 1.29 is 32.8 Å². The summed E-state index contributed by atoms with van der Waals surface area (Å²) in [5, 5.41) is 11.8. The van der Waals surface area contributed by atoms with E-state index in [0.717, 1.165) is 61.2 Å². The van der Waals surface area contributed by atoms with Gasteiger partial charge in [-0.3, -0.25) is 0 Å². The number of carbonyl (C=O) groups excluding carboxylic acids is 1. The molecule has 1 amide bonds. The van der Waals surface area contributed by atoms with Crippen LogP contribution < -0.4 is 5.32 Å². The van der Waals surface area contributed by atoms with Crippen molar-refractivity contribution in [3.05, 3.63) is 11.6 Å². The molecule has 0 aromatic carbocycles. The van der Waals surface area contributed by atoms with Gasteiger partial charge in [-0.25, -0.2) is 9.46 Å². The van der Waals surface area contributed by atoms with Crippen LogP contribution in [0.3, 0.4) is 0 Å². The Labute approximate surface area is 349 Å². The first-order chi connectivity index (χ1) is 27.3. The van der Waals surface area contributed by atoms with Crippen LogP contribution in [0, 0.1) is 57.7 Å². The summed E-state index contributed by atoms with van der Waals surface area (Å²) in [6, 6.07) is 2.65. The van der Waals surface area contributed by atoms with Gasteiger partial charge in [0.25, 0.3) is 8.53 Å². The second kappa shape index (κ2) is 24.2. The van der Waals surface area contributed by atoms with Crippen LogP contribution in [0.5, 0.6) is 0 Å². The predicted octanol–water partition coefficient (Wildman–Crippen LogP) is 10.9. The number of fused-ring (bicyclic) bond motifs is 5. The first kappa shape index (κ1) is 48.4. The van der Waals surface area contributed by atoms with Crippen LogP contribution in [0.25, 0.3) is 0 Å². The van der Waals surface area contributed by atoms with Crippen LogP contribution >= 0.6 is 8.53 Å². The lowest BCUT2D eigenvalue weighted by Crippen LogP contribution is -2.51. The van der Waals surface area contributed by atoms with Crippen LogP contribution in [0.4, 0.5) is 4.79 Å². The van der Waals surface area contributed by atoms with E-state index in [-0.39, 0.29) is 29.7 Å².